The number of likely N-dealkylation sites (N-methyl/N-ethyl adjacent to an activating group) is 1. The molecule has 1 saturated heterocycles. The summed E-state index contributed by atoms with van der Waals surface area (Å²) in [6.45, 7) is 4.29. The van der Waals surface area contributed by atoms with Crippen LogP contribution in [0.5, 0.6) is 0 Å². The number of alkyl halides is 3. The molecule has 1 unspecified atom stereocenters. The Hall–Kier alpha value is -1.64. The second-order valence-corrected chi connectivity index (χ2v) is 5.36. The van der Waals surface area contributed by atoms with Gasteiger partial charge in [-0.15, -0.1) is 0 Å². The molecule has 8 heteroatoms. The van der Waals surface area contributed by atoms with Crippen LogP contribution < -0.4 is 11.1 Å². The highest BCUT2D eigenvalue weighted by molar-refractivity contribution is 5.94. The molecular weight excluding hydrogens is 311 g/mol. The summed E-state index contributed by atoms with van der Waals surface area (Å²) in [4.78, 5) is 14.3. The van der Waals surface area contributed by atoms with Crippen molar-refractivity contribution in [2.45, 2.75) is 25.7 Å². The second kappa shape index (κ2) is 7.29. The van der Waals surface area contributed by atoms with E-state index in [9.17, 15) is 18.0 Å². The molecule has 0 spiro atoms. The van der Waals surface area contributed by atoms with Crippen LogP contribution in [0, 0.1) is 0 Å². The molecule has 128 valence electrons. The zero-order valence-electron chi connectivity index (χ0n) is 12.8. The standard InChI is InChI=1S/C15H20F3N3O2/c1-2-21-3-4-23-13(9-21)14(22)20-12-6-10(8-19)5-11(7-12)15(16,17)18/h5-7,13H,2-4,8-9,19H2,1H3,(H,20,22). The molecule has 0 radical (unpaired) electrons. The van der Waals surface area contributed by atoms with E-state index in [1.54, 1.807) is 0 Å². The van der Waals surface area contributed by atoms with Crippen LogP contribution >= 0.6 is 0 Å². The van der Waals surface area contributed by atoms with Crippen molar-refractivity contribution in [1.29, 1.82) is 0 Å². The fourth-order valence-electron chi connectivity index (χ4n) is 2.42. The van der Waals surface area contributed by atoms with Gasteiger partial charge in [0, 0.05) is 25.3 Å². The van der Waals surface area contributed by atoms with Crippen LogP contribution in [0.2, 0.25) is 0 Å². The summed E-state index contributed by atoms with van der Waals surface area (Å²) in [6.07, 6.45) is -5.19. The Bertz CT molecular complexity index is 563. The van der Waals surface area contributed by atoms with Gasteiger partial charge in [-0.1, -0.05) is 6.92 Å². The summed E-state index contributed by atoms with van der Waals surface area (Å²) < 4.78 is 44.1. The molecule has 1 atom stereocenters. The van der Waals surface area contributed by atoms with Crippen molar-refractivity contribution in [1.82, 2.24) is 4.90 Å². The number of nitrogens with one attached hydrogen (secondary N) is 1. The van der Waals surface area contributed by atoms with Crippen molar-refractivity contribution in [2.75, 3.05) is 31.6 Å². The number of morpholine rings is 1. The average molecular weight is 331 g/mol. The largest absolute Gasteiger partial charge is 0.416 e. The Labute approximate surface area is 132 Å². The minimum atomic E-state index is -4.50. The smallest absolute Gasteiger partial charge is 0.366 e. The number of anilines is 1. The number of carbonyl (C=O) groups is 1. The average Bonchev–Trinajstić information content (AvgIpc) is 2.53. The van der Waals surface area contributed by atoms with Gasteiger partial charge < -0.3 is 15.8 Å². The van der Waals surface area contributed by atoms with Gasteiger partial charge in [0.2, 0.25) is 0 Å². The number of nitrogens with zero attached hydrogens (tertiary/aromatic N) is 1. The van der Waals surface area contributed by atoms with Crippen molar-refractivity contribution in [3.05, 3.63) is 29.3 Å². The van der Waals surface area contributed by atoms with E-state index in [2.05, 4.69) is 5.32 Å². The van der Waals surface area contributed by atoms with E-state index >= 15 is 0 Å². The van der Waals surface area contributed by atoms with Crippen LogP contribution in [0.25, 0.3) is 0 Å². The van der Waals surface area contributed by atoms with E-state index in [4.69, 9.17) is 10.5 Å². The van der Waals surface area contributed by atoms with E-state index < -0.39 is 23.8 Å². The molecule has 0 aliphatic carbocycles. The van der Waals surface area contributed by atoms with Crippen molar-refractivity contribution in [3.8, 4) is 0 Å². The van der Waals surface area contributed by atoms with Gasteiger partial charge in [0.05, 0.1) is 12.2 Å². The van der Waals surface area contributed by atoms with Gasteiger partial charge in [-0.2, -0.15) is 13.2 Å². The Morgan fingerprint density at radius 3 is 2.78 bits per heavy atom. The van der Waals surface area contributed by atoms with Gasteiger partial charge in [0.15, 0.2) is 0 Å². The quantitative estimate of drug-likeness (QED) is 0.883. The number of rotatable bonds is 4. The fraction of sp³-hybridized carbons (Fsp3) is 0.533. The number of halogens is 3. The lowest BCUT2D eigenvalue weighted by atomic mass is 10.1. The third-order valence-electron chi connectivity index (χ3n) is 3.71. The molecule has 1 aromatic carbocycles. The van der Waals surface area contributed by atoms with Gasteiger partial charge >= 0.3 is 6.18 Å². The number of ether oxygens (including phenoxy) is 1. The maximum atomic E-state index is 12.9. The Morgan fingerprint density at radius 2 is 2.17 bits per heavy atom. The maximum absolute atomic E-state index is 12.9. The summed E-state index contributed by atoms with van der Waals surface area (Å²) in [5.74, 6) is -0.453. The number of amides is 1. The Kier molecular flexibility index (Phi) is 5.61. The Morgan fingerprint density at radius 1 is 1.43 bits per heavy atom. The van der Waals surface area contributed by atoms with Crippen LogP contribution in [0.15, 0.2) is 18.2 Å². The third kappa shape index (κ3) is 4.66. The van der Waals surface area contributed by atoms with Crippen LogP contribution in [0.3, 0.4) is 0 Å². The summed E-state index contributed by atoms with van der Waals surface area (Å²) >= 11 is 0. The van der Waals surface area contributed by atoms with Gasteiger partial charge in [-0.3, -0.25) is 9.69 Å². The summed E-state index contributed by atoms with van der Waals surface area (Å²) in [5, 5.41) is 2.50. The lowest BCUT2D eigenvalue weighted by molar-refractivity contribution is -0.137. The van der Waals surface area contributed by atoms with Crippen LogP contribution in [-0.2, 0) is 22.3 Å². The number of benzene rings is 1. The van der Waals surface area contributed by atoms with Crippen molar-refractivity contribution in [2.24, 2.45) is 5.73 Å². The number of nitrogens with two attached hydrogens (primary N) is 1. The molecule has 1 amide bonds. The normalized spacial score (nSPS) is 19.6. The van der Waals surface area contributed by atoms with E-state index in [-0.39, 0.29) is 12.2 Å². The maximum Gasteiger partial charge on any atom is 0.416 e. The summed E-state index contributed by atoms with van der Waals surface area (Å²) in [7, 11) is 0. The van der Waals surface area contributed by atoms with E-state index in [0.29, 0.717) is 18.7 Å². The number of carbonyl (C=O) groups excluding carboxylic acids is 1. The first-order chi connectivity index (χ1) is 10.8. The summed E-state index contributed by atoms with van der Waals surface area (Å²) in [6, 6.07) is 3.32. The molecule has 1 fully saturated rings. The highest BCUT2D eigenvalue weighted by Gasteiger charge is 2.32. The molecule has 2 rings (SSSR count). The lowest BCUT2D eigenvalue weighted by Crippen LogP contribution is -2.47. The monoisotopic (exact) mass is 331 g/mol. The van der Waals surface area contributed by atoms with Crippen molar-refractivity contribution < 1.29 is 22.7 Å². The van der Waals surface area contributed by atoms with Gasteiger partial charge in [-0.05, 0) is 30.3 Å². The highest BCUT2D eigenvalue weighted by Crippen LogP contribution is 2.32. The first kappa shape index (κ1) is 17.7. The van der Waals surface area contributed by atoms with Crippen LogP contribution in [-0.4, -0.2) is 43.2 Å². The minimum absolute atomic E-state index is 0.0453. The molecule has 1 aliphatic rings. The number of hydrogen-bond acceptors (Lipinski definition) is 4. The molecule has 1 heterocycles. The molecule has 23 heavy (non-hydrogen) atoms. The van der Waals surface area contributed by atoms with Gasteiger partial charge in [0.25, 0.3) is 5.91 Å². The fourth-order valence-corrected chi connectivity index (χ4v) is 2.42. The van der Waals surface area contributed by atoms with Gasteiger partial charge in [-0.25, -0.2) is 0 Å². The first-order valence-electron chi connectivity index (χ1n) is 7.39. The first-order valence-corrected chi connectivity index (χ1v) is 7.39. The minimum Gasteiger partial charge on any atom is -0.366 e. The number of hydrogen-bond donors (Lipinski definition) is 2. The zero-order valence-corrected chi connectivity index (χ0v) is 12.8. The Balaban J connectivity index is 2.14. The van der Waals surface area contributed by atoms with Crippen LogP contribution in [0.4, 0.5) is 18.9 Å². The van der Waals surface area contributed by atoms with E-state index in [0.717, 1.165) is 25.2 Å². The second-order valence-electron chi connectivity index (χ2n) is 5.36. The molecule has 0 bridgehead atoms. The van der Waals surface area contributed by atoms with Crippen LogP contribution in [0.1, 0.15) is 18.1 Å². The summed E-state index contributed by atoms with van der Waals surface area (Å²) in [5.41, 5.74) is 4.96. The van der Waals surface area contributed by atoms with E-state index in [1.807, 2.05) is 11.8 Å². The molecular formula is C15H20F3N3O2. The highest BCUT2D eigenvalue weighted by atomic mass is 19.4. The van der Waals surface area contributed by atoms with Gasteiger partial charge in [0.1, 0.15) is 6.10 Å². The topological polar surface area (TPSA) is 67.6 Å². The van der Waals surface area contributed by atoms with Crippen molar-refractivity contribution in [3.63, 3.8) is 0 Å². The predicted octanol–water partition coefficient (Wildman–Crippen LogP) is 1.82. The SMILES string of the molecule is CCN1CCOC(C(=O)Nc2cc(CN)cc(C(F)(F)F)c2)C1. The molecule has 5 nitrogen and oxygen atoms in total. The van der Waals surface area contributed by atoms with E-state index in [1.165, 1.54) is 6.07 Å². The third-order valence-corrected chi connectivity index (χ3v) is 3.71. The zero-order chi connectivity index (χ0) is 17.0. The lowest BCUT2D eigenvalue weighted by Gasteiger charge is -2.31. The molecule has 1 aromatic rings. The molecule has 3 N–H and O–H groups in total. The predicted molar refractivity (Wildman–Crippen MR) is 79.8 cm³/mol. The molecule has 0 saturated carbocycles. The molecule has 0 aromatic heterocycles. The molecule has 1 aliphatic heterocycles. The van der Waals surface area contributed by atoms with Crippen molar-refractivity contribution >= 4 is 11.6 Å².